The highest BCUT2D eigenvalue weighted by atomic mass is 32.2. The van der Waals surface area contributed by atoms with Crippen LogP contribution < -0.4 is 0 Å². The molecule has 0 unspecified atom stereocenters. The normalized spacial score (nSPS) is 11.8. The Morgan fingerprint density at radius 2 is 1.26 bits per heavy atom. The second-order valence-corrected chi connectivity index (χ2v) is 11.7. The predicted molar refractivity (Wildman–Crippen MR) is 152 cm³/mol. The van der Waals surface area contributed by atoms with E-state index < -0.39 is 10.0 Å². The molecule has 4 aromatic carbocycles. The Bertz CT molecular complexity index is 1770. The highest BCUT2D eigenvalue weighted by Crippen LogP contribution is 2.41. The van der Waals surface area contributed by atoms with Crippen molar-refractivity contribution in [3.8, 4) is 11.4 Å². The number of nitrogens with zero attached hydrogens (tertiary/aromatic N) is 4. The first-order valence-electron chi connectivity index (χ1n) is 12.1. The zero-order valence-electron chi connectivity index (χ0n) is 20.5. The van der Waals surface area contributed by atoms with Gasteiger partial charge in [-0.3, -0.25) is 0 Å². The van der Waals surface area contributed by atoms with Gasteiger partial charge >= 0.3 is 0 Å². The molecule has 188 valence electrons. The highest BCUT2D eigenvalue weighted by molar-refractivity contribution is 7.99. The number of hydrogen-bond donors (Lipinski definition) is 0. The molecule has 0 radical (unpaired) electrons. The van der Waals surface area contributed by atoms with Gasteiger partial charge in [-0.2, -0.15) is 0 Å². The molecule has 6 nitrogen and oxygen atoms in total. The molecule has 2 aromatic heterocycles. The molecule has 0 fully saturated rings. The Kier molecular flexibility index (Phi) is 6.35. The summed E-state index contributed by atoms with van der Waals surface area (Å²) in [7, 11) is -1.88. The first-order valence-corrected chi connectivity index (χ1v) is 14.4. The fraction of sp³-hybridized carbons (Fsp3) is 0.0667. The van der Waals surface area contributed by atoms with Gasteiger partial charge in [0.15, 0.2) is 11.0 Å². The van der Waals surface area contributed by atoms with Crippen molar-refractivity contribution in [2.45, 2.75) is 15.3 Å². The maximum Gasteiger partial charge on any atom is 0.268 e. The molecule has 6 aromatic rings. The summed E-state index contributed by atoms with van der Waals surface area (Å²) in [6.07, 6.45) is 1.65. The van der Waals surface area contributed by atoms with Crippen LogP contribution in [0.25, 0.3) is 22.3 Å². The van der Waals surface area contributed by atoms with E-state index in [4.69, 9.17) is 0 Å². The zero-order valence-corrected chi connectivity index (χ0v) is 22.2. The minimum Gasteiger partial charge on any atom is -0.305 e. The van der Waals surface area contributed by atoms with Crippen molar-refractivity contribution < 1.29 is 8.42 Å². The Balaban J connectivity index is 1.44. The molecule has 0 bridgehead atoms. The van der Waals surface area contributed by atoms with E-state index in [1.165, 1.54) is 15.1 Å². The van der Waals surface area contributed by atoms with Gasteiger partial charge < -0.3 is 4.57 Å². The van der Waals surface area contributed by atoms with Gasteiger partial charge in [0.25, 0.3) is 10.0 Å². The molecule has 0 saturated heterocycles. The summed E-state index contributed by atoms with van der Waals surface area (Å²) >= 11 is 1.62. The van der Waals surface area contributed by atoms with Crippen LogP contribution in [-0.4, -0.2) is 27.2 Å². The Morgan fingerprint density at radius 1 is 0.711 bits per heavy atom. The van der Waals surface area contributed by atoms with E-state index in [9.17, 15) is 8.42 Å². The number of benzene rings is 4. The lowest BCUT2D eigenvalue weighted by molar-refractivity contribution is 0.589. The highest BCUT2D eigenvalue weighted by Gasteiger charge is 2.25. The van der Waals surface area contributed by atoms with E-state index in [0.717, 1.165) is 10.5 Å². The summed E-state index contributed by atoms with van der Waals surface area (Å²) in [4.78, 5) is 0.232. The fourth-order valence-corrected chi connectivity index (χ4v) is 7.09. The van der Waals surface area contributed by atoms with E-state index in [0.29, 0.717) is 16.9 Å². The van der Waals surface area contributed by atoms with Crippen LogP contribution in [0.1, 0.15) is 16.4 Å². The molecule has 0 N–H and O–H groups in total. The van der Waals surface area contributed by atoms with Gasteiger partial charge in [-0.05, 0) is 29.3 Å². The van der Waals surface area contributed by atoms with Crippen LogP contribution in [0.2, 0.25) is 0 Å². The van der Waals surface area contributed by atoms with Crippen molar-refractivity contribution >= 4 is 32.7 Å². The topological polar surface area (TPSA) is 69.8 Å². The summed E-state index contributed by atoms with van der Waals surface area (Å²) in [5.74, 6) is 0.602. The third-order valence-electron chi connectivity index (χ3n) is 6.48. The van der Waals surface area contributed by atoms with Crippen LogP contribution in [0.15, 0.2) is 132 Å². The lowest BCUT2D eigenvalue weighted by Crippen LogP contribution is -2.11. The quantitative estimate of drug-likeness (QED) is 0.216. The molecule has 0 saturated carbocycles. The van der Waals surface area contributed by atoms with Crippen molar-refractivity contribution in [2.75, 3.05) is 0 Å². The van der Waals surface area contributed by atoms with Crippen molar-refractivity contribution in [3.63, 3.8) is 0 Å². The molecule has 0 aliphatic heterocycles. The van der Waals surface area contributed by atoms with Gasteiger partial charge in [0.05, 0.1) is 15.7 Å². The van der Waals surface area contributed by atoms with Crippen molar-refractivity contribution in [1.29, 1.82) is 0 Å². The van der Waals surface area contributed by atoms with Crippen LogP contribution in [0.3, 0.4) is 0 Å². The Hall–Kier alpha value is -4.14. The maximum absolute atomic E-state index is 13.6. The second-order valence-electron chi connectivity index (χ2n) is 8.86. The molecule has 8 heteroatoms. The van der Waals surface area contributed by atoms with Crippen molar-refractivity contribution in [1.82, 2.24) is 18.7 Å². The Morgan fingerprint density at radius 3 is 1.89 bits per heavy atom. The molecule has 0 spiro atoms. The van der Waals surface area contributed by atoms with Crippen molar-refractivity contribution in [3.05, 3.63) is 133 Å². The van der Waals surface area contributed by atoms with E-state index in [1.54, 1.807) is 48.3 Å². The number of fused-ring (bicyclic) bond motifs is 1. The lowest BCUT2D eigenvalue weighted by atomic mass is 10.0. The van der Waals surface area contributed by atoms with E-state index in [-0.39, 0.29) is 10.1 Å². The SMILES string of the molecule is Cn1c(SC(c2ccccc2)c2ccccc2)nnc1-c1cn(S(=O)(=O)c2ccccc2)c2ccccc12. The fourth-order valence-electron chi connectivity index (χ4n) is 4.57. The molecule has 0 aliphatic rings. The number of hydrogen-bond acceptors (Lipinski definition) is 5. The molecular formula is C30H24N4O2S2. The van der Waals surface area contributed by atoms with Crippen LogP contribution in [0.4, 0.5) is 0 Å². The zero-order chi connectivity index (χ0) is 26.1. The predicted octanol–water partition coefficient (Wildman–Crippen LogP) is 6.56. The van der Waals surface area contributed by atoms with Gasteiger partial charge in [0, 0.05) is 24.2 Å². The minimum absolute atomic E-state index is 0.0213. The van der Waals surface area contributed by atoms with Crippen LogP contribution >= 0.6 is 11.8 Å². The lowest BCUT2D eigenvalue weighted by Gasteiger charge is -2.17. The summed E-state index contributed by atoms with van der Waals surface area (Å²) < 4.78 is 30.4. The summed E-state index contributed by atoms with van der Waals surface area (Å²) in [5, 5.41) is 10.6. The van der Waals surface area contributed by atoms with Gasteiger partial charge in [-0.15, -0.1) is 10.2 Å². The number of aromatic nitrogens is 4. The standard InChI is InChI=1S/C30H24N4O2S2/c1-33-29(31-32-30(33)37-28(22-13-5-2-6-14-22)23-15-7-3-8-16-23)26-21-34(27-20-12-11-19-25(26)27)38(35,36)24-17-9-4-10-18-24/h2-21,28H,1H3. The average Bonchev–Trinajstić information content (AvgIpc) is 3.53. The molecule has 0 amide bonds. The minimum atomic E-state index is -3.80. The summed E-state index contributed by atoms with van der Waals surface area (Å²) in [5.41, 5.74) is 3.63. The third kappa shape index (κ3) is 4.31. The van der Waals surface area contributed by atoms with E-state index in [2.05, 4.69) is 34.5 Å². The molecule has 0 atom stereocenters. The monoisotopic (exact) mass is 536 g/mol. The summed E-state index contributed by atoms with van der Waals surface area (Å²) in [6.45, 7) is 0. The molecule has 0 aliphatic carbocycles. The number of para-hydroxylation sites is 1. The molecule has 2 heterocycles. The molecule has 6 rings (SSSR count). The van der Waals surface area contributed by atoms with Crippen LogP contribution in [0, 0.1) is 0 Å². The summed E-state index contributed by atoms with van der Waals surface area (Å²) in [6, 6.07) is 36.6. The van der Waals surface area contributed by atoms with Gasteiger partial charge in [-0.25, -0.2) is 12.4 Å². The van der Waals surface area contributed by atoms with Crippen LogP contribution in [0.5, 0.6) is 0 Å². The number of thioether (sulfide) groups is 1. The second kappa shape index (κ2) is 9.96. The molecular weight excluding hydrogens is 512 g/mol. The van der Waals surface area contributed by atoms with Gasteiger partial charge in [-0.1, -0.05) is 109 Å². The molecule has 38 heavy (non-hydrogen) atoms. The largest absolute Gasteiger partial charge is 0.305 e. The van der Waals surface area contributed by atoms with Gasteiger partial charge in [0.1, 0.15) is 0 Å². The first-order chi connectivity index (χ1) is 18.5. The Labute approximate surface area is 225 Å². The van der Waals surface area contributed by atoms with Crippen LogP contribution in [-0.2, 0) is 17.1 Å². The third-order valence-corrected chi connectivity index (χ3v) is 9.52. The average molecular weight is 537 g/mol. The smallest absolute Gasteiger partial charge is 0.268 e. The maximum atomic E-state index is 13.6. The van der Waals surface area contributed by atoms with Crippen molar-refractivity contribution in [2.24, 2.45) is 7.05 Å². The number of rotatable bonds is 7. The van der Waals surface area contributed by atoms with Gasteiger partial charge in [0.2, 0.25) is 0 Å². The van der Waals surface area contributed by atoms with E-state index >= 15 is 0 Å². The first kappa shape index (κ1) is 24.2. The van der Waals surface area contributed by atoms with E-state index in [1.807, 2.05) is 72.3 Å².